The van der Waals surface area contributed by atoms with Gasteiger partial charge < -0.3 is 5.32 Å². The summed E-state index contributed by atoms with van der Waals surface area (Å²) in [4.78, 5) is 6.84. The Balaban J connectivity index is 2.00. The van der Waals surface area contributed by atoms with Crippen LogP contribution in [0.2, 0.25) is 0 Å². The van der Waals surface area contributed by atoms with Crippen molar-refractivity contribution in [3.63, 3.8) is 0 Å². The molecule has 0 unspecified atom stereocenters. The SMILES string of the molecule is CN1C(C)(C)CC(=CCNc2ccc(Br)cn2)CC1(C)C. The summed E-state index contributed by atoms with van der Waals surface area (Å²) in [6, 6.07) is 4.00. The Kier molecular flexibility index (Phi) is 4.79. The van der Waals surface area contributed by atoms with E-state index in [1.54, 1.807) is 0 Å². The molecule has 1 aliphatic heterocycles. The summed E-state index contributed by atoms with van der Waals surface area (Å²) in [5.41, 5.74) is 1.96. The summed E-state index contributed by atoms with van der Waals surface area (Å²) < 4.78 is 1.00. The summed E-state index contributed by atoms with van der Waals surface area (Å²) >= 11 is 3.40. The molecule has 2 heterocycles. The molecular weight excluding hydrogens is 326 g/mol. The van der Waals surface area contributed by atoms with E-state index >= 15 is 0 Å². The number of hydrogen-bond acceptors (Lipinski definition) is 3. The predicted octanol–water partition coefficient (Wildman–Crippen LogP) is 4.47. The molecule has 1 N–H and O–H groups in total. The topological polar surface area (TPSA) is 28.2 Å². The van der Waals surface area contributed by atoms with E-state index in [4.69, 9.17) is 0 Å². The molecule has 21 heavy (non-hydrogen) atoms. The van der Waals surface area contributed by atoms with E-state index in [0.29, 0.717) is 0 Å². The van der Waals surface area contributed by atoms with Crippen LogP contribution in [-0.4, -0.2) is 34.6 Å². The van der Waals surface area contributed by atoms with E-state index in [1.807, 2.05) is 18.3 Å². The zero-order valence-electron chi connectivity index (χ0n) is 13.7. The number of pyridine rings is 1. The van der Waals surface area contributed by atoms with Crippen LogP contribution in [-0.2, 0) is 0 Å². The van der Waals surface area contributed by atoms with Crippen molar-refractivity contribution in [2.75, 3.05) is 18.9 Å². The van der Waals surface area contributed by atoms with E-state index in [2.05, 4.69) is 71.9 Å². The van der Waals surface area contributed by atoms with Crippen LogP contribution in [0.3, 0.4) is 0 Å². The normalized spacial score (nSPS) is 21.1. The zero-order chi connectivity index (χ0) is 15.7. The molecule has 1 aromatic rings. The zero-order valence-corrected chi connectivity index (χ0v) is 15.3. The highest BCUT2D eigenvalue weighted by Crippen LogP contribution is 2.39. The molecule has 0 atom stereocenters. The van der Waals surface area contributed by atoms with Gasteiger partial charge in [-0.1, -0.05) is 11.6 Å². The lowest BCUT2D eigenvalue weighted by Crippen LogP contribution is -2.56. The number of rotatable bonds is 3. The summed E-state index contributed by atoms with van der Waals surface area (Å²) in [5, 5.41) is 3.36. The second-order valence-corrected chi connectivity index (χ2v) is 8.06. The van der Waals surface area contributed by atoms with Gasteiger partial charge in [-0.25, -0.2) is 4.98 Å². The highest BCUT2D eigenvalue weighted by atomic mass is 79.9. The highest BCUT2D eigenvalue weighted by Gasteiger charge is 2.40. The van der Waals surface area contributed by atoms with Gasteiger partial charge in [0.1, 0.15) is 5.82 Å². The lowest BCUT2D eigenvalue weighted by atomic mass is 9.77. The Labute approximate surface area is 137 Å². The number of halogens is 1. The molecule has 0 amide bonds. The predicted molar refractivity (Wildman–Crippen MR) is 93.7 cm³/mol. The lowest BCUT2D eigenvalue weighted by Gasteiger charge is -2.52. The van der Waals surface area contributed by atoms with E-state index in [1.165, 1.54) is 5.57 Å². The maximum atomic E-state index is 4.33. The van der Waals surface area contributed by atoms with Crippen LogP contribution >= 0.6 is 15.9 Å². The van der Waals surface area contributed by atoms with Crippen molar-refractivity contribution in [3.8, 4) is 0 Å². The van der Waals surface area contributed by atoms with Crippen LogP contribution in [0, 0.1) is 0 Å². The number of aromatic nitrogens is 1. The van der Waals surface area contributed by atoms with Gasteiger partial charge >= 0.3 is 0 Å². The number of nitrogens with zero attached hydrogens (tertiary/aromatic N) is 2. The molecule has 4 heteroatoms. The van der Waals surface area contributed by atoms with Gasteiger partial charge in [0.25, 0.3) is 0 Å². The minimum absolute atomic E-state index is 0.212. The second-order valence-electron chi connectivity index (χ2n) is 7.14. The number of anilines is 1. The molecule has 3 nitrogen and oxygen atoms in total. The largest absolute Gasteiger partial charge is 0.367 e. The molecule has 0 aliphatic carbocycles. The van der Waals surface area contributed by atoms with Crippen LogP contribution in [0.5, 0.6) is 0 Å². The molecule has 1 saturated heterocycles. The minimum Gasteiger partial charge on any atom is -0.367 e. The van der Waals surface area contributed by atoms with Gasteiger partial charge in [0, 0.05) is 28.3 Å². The van der Waals surface area contributed by atoms with Gasteiger partial charge in [-0.2, -0.15) is 0 Å². The van der Waals surface area contributed by atoms with Crippen molar-refractivity contribution < 1.29 is 0 Å². The number of nitrogens with one attached hydrogen (secondary N) is 1. The van der Waals surface area contributed by atoms with Gasteiger partial charge in [-0.15, -0.1) is 0 Å². The van der Waals surface area contributed by atoms with E-state index in [0.717, 1.165) is 29.7 Å². The van der Waals surface area contributed by atoms with Crippen LogP contribution in [0.15, 0.2) is 34.5 Å². The summed E-state index contributed by atoms with van der Waals surface area (Å²) in [6.07, 6.45) is 6.41. The Morgan fingerprint density at radius 1 is 1.24 bits per heavy atom. The van der Waals surface area contributed by atoms with Gasteiger partial charge in [0.15, 0.2) is 0 Å². The van der Waals surface area contributed by atoms with Crippen molar-refractivity contribution in [1.29, 1.82) is 0 Å². The summed E-state index contributed by atoms with van der Waals surface area (Å²) in [5.74, 6) is 0.918. The highest BCUT2D eigenvalue weighted by molar-refractivity contribution is 9.10. The van der Waals surface area contributed by atoms with Crippen molar-refractivity contribution in [1.82, 2.24) is 9.88 Å². The molecule has 1 aromatic heterocycles. The fourth-order valence-electron chi connectivity index (χ4n) is 3.16. The Morgan fingerprint density at radius 2 is 1.86 bits per heavy atom. The third kappa shape index (κ3) is 4.07. The van der Waals surface area contributed by atoms with Gasteiger partial charge in [0.2, 0.25) is 0 Å². The van der Waals surface area contributed by atoms with Crippen LogP contribution in [0.4, 0.5) is 5.82 Å². The molecule has 0 spiro atoms. The number of hydrogen-bond donors (Lipinski definition) is 1. The third-order valence-electron chi connectivity index (χ3n) is 4.54. The van der Waals surface area contributed by atoms with E-state index in [-0.39, 0.29) is 11.1 Å². The number of piperidine rings is 1. The maximum absolute atomic E-state index is 4.33. The summed E-state index contributed by atoms with van der Waals surface area (Å²) in [6.45, 7) is 10.1. The molecular formula is C17H26BrN3. The first-order valence-corrected chi connectivity index (χ1v) is 8.27. The van der Waals surface area contributed by atoms with E-state index in [9.17, 15) is 0 Å². The van der Waals surface area contributed by atoms with Gasteiger partial charge in [-0.05, 0) is 75.6 Å². The van der Waals surface area contributed by atoms with Crippen LogP contribution in [0.1, 0.15) is 40.5 Å². The molecule has 0 bridgehead atoms. The first kappa shape index (κ1) is 16.5. The Hall–Kier alpha value is -0.870. The Morgan fingerprint density at radius 3 is 2.38 bits per heavy atom. The van der Waals surface area contributed by atoms with Crippen LogP contribution < -0.4 is 5.32 Å². The molecule has 116 valence electrons. The lowest BCUT2D eigenvalue weighted by molar-refractivity contribution is 0.0209. The standard InChI is InChI=1S/C17H26BrN3/c1-16(2)10-13(11-17(3,4)21(16)5)8-9-19-15-7-6-14(18)12-20-15/h6-8,12H,9-11H2,1-5H3,(H,19,20). The maximum Gasteiger partial charge on any atom is 0.126 e. The van der Waals surface area contributed by atoms with Crippen LogP contribution in [0.25, 0.3) is 0 Å². The van der Waals surface area contributed by atoms with Crippen molar-refractivity contribution in [2.24, 2.45) is 0 Å². The quantitative estimate of drug-likeness (QED) is 0.814. The first-order valence-electron chi connectivity index (χ1n) is 7.48. The molecule has 0 radical (unpaired) electrons. The third-order valence-corrected chi connectivity index (χ3v) is 5.01. The second kappa shape index (κ2) is 6.09. The Bertz CT molecular complexity index is 497. The molecule has 0 aromatic carbocycles. The van der Waals surface area contributed by atoms with Crippen molar-refractivity contribution >= 4 is 21.7 Å². The average Bonchev–Trinajstić information content (AvgIpc) is 2.38. The fraction of sp³-hybridized carbons (Fsp3) is 0.588. The molecule has 1 fully saturated rings. The van der Waals surface area contributed by atoms with Gasteiger partial charge in [-0.3, -0.25) is 4.90 Å². The summed E-state index contributed by atoms with van der Waals surface area (Å²) in [7, 11) is 2.24. The van der Waals surface area contributed by atoms with Gasteiger partial charge in [0.05, 0.1) is 0 Å². The van der Waals surface area contributed by atoms with Crippen molar-refractivity contribution in [2.45, 2.75) is 51.6 Å². The minimum atomic E-state index is 0.212. The first-order chi connectivity index (χ1) is 9.71. The fourth-order valence-corrected chi connectivity index (χ4v) is 3.39. The number of likely N-dealkylation sites (tertiary alicyclic amines) is 1. The smallest absolute Gasteiger partial charge is 0.126 e. The van der Waals surface area contributed by atoms with E-state index < -0.39 is 0 Å². The molecule has 1 aliphatic rings. The average molecular weight is 352 g/mol. The molecule has 0 saturated carbocycles. The monoisotopic (exact) mass is 351 g/mol. The molecule has 2 rings (SSSR count). The van der Waals surface area contributed by atoms with Crippen molar-refractivity contribution in [3.05, 3.63) is 34.5 Å².